The first-order chi connectivity index (χ1) is 9.33. The van der Waals surface area contributed by atoms with E-state index >= 15 is 0 Å². The number of likely N-dealkylation sites (tertiary alicyclic amines) is 1. The van der Waals surface area contributed by atoms with Gasteiger partial charge in [-0.05, 0) is 56.4 Å². The van der Waals surface area contributed by atoms with Gasteiger partial charge in [-0.2, -0.15) is 0 Å². The monoisotopic (exact) mass is 260 g/mol. The molecule has 0 aliphatic carbocycles. The molecule has 2 rings (SSSR count). The maximum absolute atomic E-state index is 3.71. The molecule has 1 aromatic carbocycles. The lowest BCUT2D eigenvalue weighted by Crippen LogP contribution is -2.34. The smallest absolute Gasteiger partial charge is 0.0449 e. The van der Waals surface area contributed by atoms with Gasteiger partial charge in [0.05, 0.1) is 0 Å². The number of aryl methyl sites for hydroxylation is 1. The van der Waals surface area contributed by atoms with Crippen molar-refractivity contribution < 1.29 is 0 Å². The van der Waals surface area contributed by atoms with E-state index in [4.69, 9.17) is 0 Å². The van der Waals surface area contributed by atoms with Gasteiger partial charge in [-0.3, -0.25) is 0 Å². The van der Waals surface area contributed by atoms with E-state index in [1.165, 1.54) is 43.5 Å². The van der Waals surface area contributed by atoms with Gasteiger partial charge in [-0.15, -0.1) is 0 Å². The normalized spacial score (nSPS) is 17.8. The molecule has 1 aromatic rings. The molecule has 0 saturated carbocycles. The fourth-order valence-electron chi connectivity index (χ4n) is 2.82. The van der Waals surface area contributed by atoms with Crippen molar-refractivity contribution in [2.24, 2.45) is 0 Å². The minimum absolute atomic E-state index is 0.490. The van der Waals surface area contributed by atoms with Crippen LogP contribution in [0.5, 0.6) is 0 Å². The van der Waals surface area contributed by atoms with Gasteiger partial charge in [0.2, 0.25) is 0 Å². The van der Waals surface area contributed by atoms with Crippen LogP contribution in [0.1, 0.15) is 50.3 Å². The first kappa shape index (κ1) is 14.5. The van der Waals surface area contributed by atoms with Crippen LogP contribution in [0, 0.1) is 0 Å². The molecule has 1 aliphatic rings. The van der Waals surface area contributed by atoms with Crippen molar-refractivity contribution in [3.05, 3.63) is 35.4 Å². The van der Waals surface area contributed by atoms with Crippen molar-refractivity contribution in [1.29, 1.82) is 0 Å². The molecule has 1 aliphatic heterocycles. The fourth-order valence-corrected chi connectivity index (χ4v) is 2.82. The summed E-state index contributed by atoms with van der Waals surface area (Å²) in [6.45, 7) is 9.26. The van der Waals surface area contributed by atoms with Crippen molar-refractivity contribution in [3.63, 3.8) is 0 Å². The lowest BCUT2D eigenvalue weighted by molar-refractivity contribution is 0.292. The summed E-state index contributed by atoms with van der Waals surface area (Å²) in [6.07, 6.45) is 5.06. The predicted octanol–water partition coefficient (Wildman–Crippen LogP) is 3.39. The number of rotatable bonds is 7. The highest BCUT2D eigenvalue weighted by atomic mass is 15.2. The lowest BCUT2D eigenvalue weighted by Gasteiger charge is -2.25. The van der Waals surface area contributed by atoms with Crippen LogP contribution in [0.2, 0.25) is 0 Å². The van der Waals surface area contributed by atoms with Crippen LogP contribution >= 0.6 is 0 Å². The van der Waals surface area contributed by atoms with Gasteiger partial charge >= 0.3 is 0 Å². The van der Waals surface area contributed by atoms with Gasteiger partial charge in [-0.25, -0.2) is 0 Å². The Hall–Kier alpha value is -0.860. The van der Waals surface area contributed by atoms with Gasteiger partial charge < -0.3 is 10.2 Å². The molecule has 19 heavy (non-hydrogen) atoms. The van der Waals surface area contributed by atoms with E-state index in [9.17, 15) is 0 Å². The summed E-state index contributed by atoms with van der Waals surface area (Å²) in [5.41, 5.74) is 2.87. The first-order valence-electron chi connectivity index (χ1n) is 7.88. The van der Waals surface area contributed by atoms with E-state index in [1.807, 2.05) is 0 Å². The summed E-state index contributed by atoms with van der Waals surface area (Å²) in [5.74, 6) is 0. The molecule has 2 heteroatoms. The van der Waals surface area contributed by atoms with Crippen LogP contribution in [0.4, 0.5) is 0 Å². The standard InChI is InChI=1S/C17H28N2/c1-3-11-18-17(14-19-12-5-6-13-19)16-9-7-15(4-2)8-10-16/h7-10,17-18H,3-6,11-14H2,1-2H3. The first-order valence-corrected chi connectivity index (χ1v) is 7.88. The zero-order valence-electron chi connectivity index (χ0n) is 12.5. The third kappa shape index (κ3) is 4.32. The second-order valence-corrected chi connectivity index (χ2v) is 5.61. The zero-order valence-corrected chi connectivity index (χ0v) is 12.5. The molecule has 1 heterocycles. The quantitative estimate of drug-likeness (QED) is 0.808. The lowest BCUT2D eigenvalue weighted by atomic mass is 10.0. The highest BCUT2D eigenvalue weighted by Crippen LogP contribution is 2.18. The van der Waals surface area contributed by atoms with Crippen molar-refractivity contribution >= 4 is 0 Å². The van der Waals surface area contributed by atoms with Gasteiger partial charge in [0.25, 0.3) is 0 Å². The molecule has 0 bridgehead atoms. The Labute approximate surface area is 118 Å². The third-order valence-electron chi connectivity index (χ3n) is 4.07. The molecule has 1 unspecified atom stereocenters. The topological polar surface area (TPSA) is 15.3 Å². The van der Waals surface area contributed by atoms with Crippen LogP contribution in [0.15, 0.2) is 24.3 Å². The van der Waals surface area contributed by atoms with Crippen LogP contribution in [-0.2, 0) is 6.42 Å². The molecule has 0 amide bonds. The summed E-state index contributed by atoms with van der Waals surface area (Å²) < 4.78 is 0. The second kappa shape index (κ2) is 7.66. The largest absolute Gasteiger partial charge is 0.309 e. The summed E-state index contributed by atoms with van der Waals surface area (Å²) in [6, 6.07) is 9.66. The number of hydrogen-bond acceptors (Lipinski definition) is 2. The van der Waals surface area contributed by atoms with E-state index < -0.39 is 0 Å². The maximum Gasteiger partial charge on any atom is 0.0449 e. The molecular formula is C17H28N2. The summed E-state index contributed by atoms with van der Waals surface area (Å²) in [7, 11) is 0. The molecule has 0 radical (unpaired) electrons. The fraction of sp³-hybridized carbons (Fsp3) is 0.647. The van der Waals surface area contributed by atoms with Gasteiger partial charge in [0, 0.05) is 12.6 Å². The molecular weight excluding hydrogens is 232 g/mol. The van der Waals surface area contributed by atoms with Crippen molar-refractivity contribution in [3.8, 4) is 0 Å². The molecule has 2 nitrogen and oxygen atoms in total. The summed E-state index contributed by atoms with van der Waals surface area (Å²) in [5, 5.41) is 3.71. The zero-order chi connectivity index (χ0) is 13.5. The minimum atomic E-state index is 0.490. The predicted molar refractivity (Wildman–Crippen MR) is 82.5 cm³/mol. The van der Waals surface area contributed by atoms with Gasteiger partial charge in [0.1, 0.15) is 0 Å². The number of nitrogens with zero attached hydrogens (tertiary/aromatic N) is 1. The minimum Gasteiger partial charge on any atom is -0.309 e. The molecule has 1 saturated heterocycles. The van der Waals surface area contributed by atoms with Crippen LogP contribution in [-0.4, -0.2) is 31.1 Å². The Bertz CT molecular complexity index is 352. The third-order valence-corrected chi connectivity index (χ3v) is 4.07. The number of benzene rings is 1. The van der Waals surface area contributed by atoms with Crippen molar-refractivity contribution in [1.82, 2.24) is 10.2 Å². The Morgan fingerprint density at radius 3 is 2.37 bits per heavy atom. The Morgan fingerprint density at radius 2 is 1.79 bits per heavy atom. The molecule has 1 N–H and O–H groups in total. The molecule has 1 atom stereocenters. The Morgan fingerprint density at radius 1 is 1.11 bits per heavy atom. The molecule has 1 fully saturated rings. The van der Waals surface area contributed by atoms with E-state index in [-0.39, 0.29) is 0 Å². The van der Waals surface area contributed by atoms with E-state index in [1.54, 1.807) is 0 Å². The Balaban J connectivity index is 2.01. The molecule has 0 aromatic heterocycles. The number of nitrogens with one attached hydrogen (secondary N) is 1. The van der Waals surface area contributed by atoms with Crippen molar-refractivity contribution in [2.75, 3.05) is 26.2 Å². The van der Waals surface area contributed by atoms with E-state index in [2.05, 4.69) is 48.3 Å². The molecule has 0 spiro atoms. The highest BCUT2D eigenvalue weighted by molar-refractivity contribution is 5.25. The van der Waals surface area contributed by atoms with Crippen LogP contribution in [0.25, 0.3) is 0 Å². The Kier molecular flexibility index (Phi) is 5.87. The van der Waals surface area contributed by atoms with Crippen molar-refractivity contribution in [2.45, 2.75) is 45.6 Å². The number of hydrogen-bond donors (Lipinski definition) is 1. The van der Waals surface area contributed by atoms with Crippen LogP contribution in [0.3, 0.4) is 0 Å². The average Bonchev–Trinajstić information content (AvgIpc) is 2.96. The van der Waals surface area contributed by atoms with Crippen LogP contribution < -0.4 is 5.32 Å². The molecule has 106 valence electrons. The highest BCUT2D eigenvalue weighted by Gasteiger charge is 2.18. The summed E-state index contributed by atoms with van der Waals surface area (Å²) in [4.78, 5) is 2.60. The van der Waals surface area contributed by atoms with E-state index in [0.29, 0.717) is 6.04 Å². The van der Waals surface area contributed by atoms with Gasteiger partial charge in [-0.1, -0.05) is 38.1 Å². The maximum atomic E-state index is 3.71. The SMILES string of the molecule is CCCNC(CN1CCCC1)c1ccc(CC)cc1. The second-order valence-electron chi connectivity index (χ2n) is 5.61. The summed E-state index contributed by atoms with van der Waals surface area (Å²) >= 11 is 0. The van der Waals surface area contributed by atoms with Gasteiger partial charge in [0.15, 0.2) is 0 Å². The average molecular weight is 260 g/mol. The van der Waals surface area contributed by atoms with E-state index in [0.717, 1.165) is 19.5 Å².